The number of hydroxylamine groups is 2. The maximum absolute atomic E-state index is 8.68. The molecule has 1 aliphatic heterocycles. The Morgan fingerprint density at radius 3 is 2.86 bits per heavy atom. The first-order valence-corrected chi connectivity index (χ1v) is 3.16. The van der Waals surface area contributed by atoms with Gasteiger partial charge in [-0.2, -0.15) is 5.06 Å². The molecule has 1 rings (SSSR count). The topological polar surface area (TPSA) is 35.5 Å². The Morgan fingerprint density at radius 1 is 1.71 bits per heavy atom. The van der Waals surface area contributed by atoms with Crippen LogP contribution in [-0.2, 0) is 0 Å². The van der Waals surface area contributed by atoms with Crippen molar-refractivity contribution in [2.24, 2.45) is 0 Å². The number of nitrogens with zero attached hydrogens (tertiary/aromatic N) is 1. The van der Waals surface area contributed by atoms with Crippen LogP contribution in [0.2, 0.25) is 0 Å². The Kier molecular flexibility index (Phi) is 1.93. The van der Waals surface area contributed by atoms with Crippen LogP contribution in [0.3, 0.4) is 0 Å². The van der Waals surface area contributed by atoms with Gasteiger partial charge in [-0.3, -0.25) is 4.72 Å². The maximum atomic E-state index is 8.68. The number of hydrogen-bond acceptors (Lipinski definition) is 4. The molecular formula is C3H8N2OS. The molecule has 1 aliphatic rings. The lowest BCUT2D eigenvalue weighted by atomic mass is 10.6. The van der Waals surface area contributed by atoms with E-state index < -0.39 is 0 Å². The Labute approximate surface area is 46.8 Å². The standard InChI is InChI=1S/C3H8N2OS/c6-5-2-1-4-7-3-5/h4,6H,1-3H2. The van der Waals surface area contributed by atoms with E-state index in [1.807, 2.05) is 0 Å². The highest BCUT2D eigenvalue weighted by Gasteiger charge is 2.03. The molecule has 0 unspecified atom stereocenters. The summed E-state index contributed by atoms with van der Waals surface area (Å²) in [5.74, 6) is 0.681. The van der Waals surface area contributed by atoms with Crippen molar-refractivity contribution in [3.8, 4) is 0 Å². The third kappa shape index (κ3) is 1.65. The van der Waals surface area contributed by atoms with Gasteiger partial charge in [0.15, 0.2) is 0 Å². The molecule has 0 aromatic heterocycles. The normalized spacial score (nSPS) is 25.3. The number of rotatable bonds is 0. The summed E-state index contributed by atoms with van der Waals surface area (Å²) in [5.41, 5.74) is 0. The van der Waals surface area contributed by atoms with Crippen molar-refractivity contribution in [1.29, 1.82) is 0 Å². The first-order valence-electron chi connectivity index (χ1n) is 2.18. The van der Waals surface area contributed by atoms with Gasteiger partial charge in [-0.25, -0.2) is 0 Å². The fourth-order valence-electron chi connectivity index (χ4n) is 0.432. The highest BCUT2D eigenvalue weighted by Crippen LogP contribution is 1.99. The second-order valence-electron chi connectivity index (χ2n) is 1.40. The van der Waals surface area contributed by atoms with Gasteiger partial charge in [0.25, 0.3) is 0 Å². The summed E-state index contributed by atoms with van der Waals surface area (Å²) < 4.78 is 3.03. The molecule has 0 aliphatic carbocycles. The molecule has 3 nitrogen and oxygen atoms in total. The summed E-state index contributed by atoms with van der Waals surface area (Å²) in [6.07, 6.45) is 0. The molecule has 2 N–H and O–H groups in total. The molecule has 0 bridgehead atoms. The van der Waals surface area contributed by atoms with Crippen molar-refractivity contribution >= 4 is 11.9 Å². The van der Waals surface area contributed by atoms with E-state index in [0.717, 1.165) is 13.1 Å². The van der Waals surface area contributed by atoms with Crippen molar-refractivity contribution in [3.63, 3.8) is 0 Å². The lowest BCUT2D eigenvalue weighted by Crippen LogP contribution is -2.33. The Hall–Kier alpha value is 0.230. The summed E-state index contributed by atoms with van der Waals surface area (Å²) in [6, 6.07) is 0. The minimum absolute atomic E-state index is 0.681. The minimum Gasteiger partial charge on any atom is -0.313 e. The predicted octanol–water partition coefficient (Wildman–Crippen LogP) is -0.114. The van der Waals surface area contributed by atoms with Crippen LogP contribution in [0.5, 0.6) is 0 Å². The smallest absolute Gasteiger partial charge is 0.0839 e. The largest absolute Gasteiger partial charge is 0.313 e. The van der Waals surface area contributed by atoms with Gasteiger partial charge >= 0.3 is 0 Å². The van der Waals surface area contributed by atoms with Gasteiger partial charge in [0.05, 0.1) is 5.88 Å². The lowest BCUT2D eigenvalue weighted by molar-refractivity contribution is -0.0722. The van der Waals surface area contributed by atoms with E-state index in [-0.39, 0.29) is 0 Å². The van der Waals surface area contributed by atoms with Crippen LogP contribution in [0.15, 0.2) is 0 Å². The van der Waals surface area contributed by atoms with E-state index in [1.165, 1.54) is 17.0 Å². The third-order valence-corrected chi connectivity index (χ3v) is 1.62. The quantitative estimate of drug-likeness (QED) is 0.437. The monoisotopic (exact) mass is 120 g/mol. The molecule has 0 aromatic rings. The van der Waals surface area contributed by atoms with Crippen LogP contribution in [-0.4, -0.2) is 29.2 Å². The van der Waals surface area contributed by atoms with E-state index in [9.17, 15) is 0 Å². The highest BCUT2D eigenvalue weighted by molar-refractivity contribution is 7.97. The predicted molar refractivity (Wildman–Crippen MR) is 29.0 cm³/mol. The zero-order valence-electron chi connectivity index (χ0n) is 3.92. The van der Waals surface area contributed by atoms with Gasteiger partial charge in [0.2, 0.25) is 0 Å². The number of hydrogen-bond donors (Lipinski definition) is 2. The van der Waals surface area contributed by atoms with Gasteiger partial charge in [-0.1, -0.05) is 11.9 Å². The van der Waals surface area contributed by atoms with E-state index in [0.29, 0.717) is 5.88 Å². The van der Waals surface area contributed by atoms with Crippen LogP contribution < -0.4 is 4.72 Å². The van der Waals surface area contributed by atoms with Crippen molar-refractivity contribution < 1.29 is 5.21 Å². The average molecular weight is 120 g/mol. The molecule has 7 heavy (non-hydrogen) atoms. The molecule has 0 radical (unpaired) electrons. The minimum atomic E-state index is 0.681. The fraction of sp³-hybridized carbons (Fsp3) is 1.00. The zero-order chi connectivity index (χ0) is 5.11. The second kappa shape index (κ2) is 2.52. The van der Waals surface area contributed by atoms with Gasteiger partial charge in [-0.15, -0.1) is 0 Å². The van der Waals surface area contributed by atoms with Gasteiger partial charge < -0.3 is 5.21 Å². The van der Waals surface area contributed by atoms with Gasteiger partial charge in [0.1, 0.15) is 0 Å². The van der Waals surface area contributed by atoms with Crippen molar-refractivity contribution in [1.82, 2.24) is 9.79 Å². The van der Waals surface area contributed by atoms with Crippen molar-refractivity contribution in [2.75, 3.05) is 19.0 Å². The van der Waals surface area contributed by atoms with E-state index in [1.54, 1.807) is 0 Å². The summed E-state index contributed by atoms with van der Waals surface area (Å²) in [5, 5.41) is 9.97. The molecule has 4 heteroatoms. The van der Waals surface area contributed by atoms with Crippen LogP contribution in [0.1, 0.15) is 0 Å². The Bertz CT molecular complexity index is 54.9. The summed E-state index contributed by atoms with van der Waals surface area (Å²) in [6.45, 7) is 1.62. The average Bonchev–Trinajstić information content (AvgIpc) is 1.69. The molecule has 0 spiro atoms. The van der Waals surface area contributed by atoms with E-state index in [4.69, 9.17) is 5.21 Å². The molecule has 1 saturated heterocycles. The molecule has 1 fully saturated rings. The molecule has 1 heterocycles. The molecular weight excluding hydrogens is 112 g/mol. The zero-order valence-corrected chi connectivity index (χ0v) is 4.74. The maximum Gasteiger partial charge on any atom is 0.0839 e. The molecule has 0 aromatic carbocycles. The van der Waals surface area contributed by atoms with Crippen LogP contribution >= 0.6 is 11.9 Å². The van der Waals surface area contributed by atoms with Gasteiger partial charge in [0, 0.05) is 13.1 Å². The molecule has 0 saturated carbocycles. The van der Waals surface area contributed by atoms with Crippen LogP contribution in [0, 0.1) is 0 Å². The Morgan fingerprint density at radius 2 is 2.57 bits per heavy atom. The van der Waals surface area contributed by atoms with E-state index >= 15 is 0 Å². The fourth-order valence-corrected chi connectivity index (χ4v) is 1.04. The molecule has 0 atom stereocenters. The lowest BCUT2D eigenvalue weighted by Gasteiger charge is -2.19. The third-order valence-electron chi connectivity index (χ3n) is 0.788. The highest BCUT2D eigenvalue weighted by atomic mass is 32.2. The SMILES string of the molecule is ON1CCNSC1. The first kappa shape index (κ1) is 5.37. The van der Waals surface area contributed by atoms with Crippen LogP contribution in [0.25, 0.3) is 0 Å². The van der Waals surface area contributed by atoms with Gasteiger partial charge in [-0.05, 0) is 0 Å². The van der Waals surface area contributed by atoms with Crippen molar-refractivity contribution in [2.45, 2.75) is 0 Å². The Balaban J connectivity index is 2.12. The molecule has 42 valence electrons. The summed E-state index contributed by atoms with van der Waals surface area (Å²) in [4.78, 5) is 0. The van der Waals surface area contributed by atoms with Crippen LogP contribution in [0.4, 0.5) is 0 Å². The second-order valence-corrected chi connectivity index (χ2v) is 2.23. The van der Waals surface area contributed by atoms with E-state index in [2.05, 4.69) is 4.72 Å². The molecule has 0 amide bonds. The summed E-state index contributed by atoms with van der Waals surface area (Å²) >= 11 is 1.53. The summed E-state index contributed by atoms with van der Waals surface area (Å²) in [7, 11) is 0. The number of nitrogens with one attached hydrogen (secondary N) is 1. The van der Waals surface area contributed by atoms with Crippen molar-refractivity contribution in [3.05, 3.63) is 0 Å². The first-order chi connectivity index (χ1) is 3.39.